The molecule has 0 saturated heterocycles. The third-order valence-electron chi connectivity index (χ3n) is 3.36. The van der Waals surface area contributed by atoms with E-state index in [1.54, 1.807) is 12.1 Å². The molecule has 0 bridgehead atoms. The zero-order chi connectivity index (χ0) is 15.2. The number of rotatable bonds is 5. The van der Waals surface area contributed by atoms with Gasteiger partial charge in [-0.1, -0.05) is 42.5 Å². The van der Waals surface area contributed by atoms with Crippen molar-refractivity contribution in [3.8, 4) is 0 Å². The molecule has 1 N–H and O–H groups in total. The highest BCUT2D eigenvalue weighted by molar-refractivity contribution is 5.77. The van der Waals surface area contributed by atoms with Crippen LogP contribution in [0.5, 0.6) is 0 Å². The van der Waals surface area contributed by atoms with Gasteiger partial charge in [-0.25, -0.2) is 9.18 Å². The number of ether oxygens (including phenoxy) is 1. The van der Waals surface area contributed by atoms with Crippen LogP contribution in [0.2, 0.25) is 0 Å². The number of nitrogens with one attached hydrogen (secondary N) is 1. The van der Waals surface area contributed by atoms with Gasteiger partial charge in [0.1, 0.15) is 11.9 Å². The zero-order valence-corrected chi connectivity index (χ0v) is 12.0. The Morgan fingerprint density at radius 3 is 2.24 bits per heavy atom. The predicted molar refractivity (Wildman–Crippen MR) is 79.1 cm³/mol. The Kier molecular flexibility index (Phi) is 5.06. The lowest BCUT2D eigenvalue weighted by molar-refractivity contribution is -0.143. The van der Waals surface area contributed by atoms with Gasteiger partial charge in [-0.05, 0) is 30.2 Å². The number of esters is 1. The quantitative estimate of drug-likeness (QED) is 0.857. The minimum Gasteiger partial charge on any atom is -0.468 e. The molecule has 2 unspecified atom stereocenters. The van der Waals surface area contributed by atoms with Crippen molar-refractivity contribution < 1.29 is 13.9 Å². The zero-order valence-electron chi connectivity index (χ0n) is 12.0. The lowest BCUT2D eigenvalue weighted by atomic mass is 10.0. The van der Waals surface area contributed by atoms with Crippen LogP contribution in [0.25, 0.3) is 0 Å². The Bertz CT molecular complexity index is 583. The summed E-state index contributed by atoms with van der Waals surface area (Å²) in [4.78, 5) is 12.0. The first-order valence-electron chi connectivity index (χ1n) is 6.76. The molecule has 3 nitrogen and oxygen atoms in total. The maximum Gasteiger partial charge on any atom is 0.327 e. The van der Waals surface area contributed by atoms with Gasteiger partial charge in [0.05, 0.1) is 7.11 Å². The van der Waals surface area contributed by atoms with Crippen LogP contribution in [0.3, 0.4) is 0 Å². The first kappa shape index (κ1) is 15.2. The second-order valence-corrected chi connectivity index (χ2v) is 4.81. The van der Waals surface area contributed by atoms with Crippen LogP contribution in [0.1, 0.15) is 30.1 Å². The van der Waals surface area contributed by atoms with Crippen LogP contribution in [-0.4, -0.2) is 13.1 Å². The molecule has 0 radical (unpaired) electrons. The van der Waals surface area contributed by atoms with E-state index in [9.17, 15) is 9.18 Å². The van der Waals surface area contributed by atoms with Gasteiger partial charge >= 0.3 is 5.97 Å². The largest absolute Gasteiger partial charge is 0.468 e. The van der Waals surface area contributed by atoms with E-state index in [2.05, 4.69) is 5.32 Å². The minimum atomic E-state index is -0.559. The van der Waals surface area contributed by atoms with Crippen LogP contribution < -0.4 is 5.32 Å². The van der Waals surface area contributed by atoms with Gasteiger partial charge in [0, 0.05) is 6.04 Å². The third-order valence-corrected chi connectivity index (χ3v) is 3.36. The number of carbonyl (C=O) groups excluding carboxylic acids is 1. The average Bonchev–Trinajstić information content (AvgIpc) is 2.53. The highest BCUT2D eigenvalue weighted by Gasteiger charge is 2.23. The van der Waals surface area contributed by atoms with Crippen molar-refractivity contribution in [2.45, 2.75) is 19.0 Å². The summed E-state index contributed by atoms with van der Waals surface area (Å²) in [7, 11) is 1.36. The summed E-state index contributed by atoms with van der Waals surface area (Å²) in [5.74, 6) is -0.631. The molecule has 2 aromatic rings. The molecule has 0 aliphatic carbocycles. The fourth-order valence-electron chi connectivity index (χ4n) is 2.16. The van der Waals surface area contributed by atoms with Crippen LogP contribution >= 0.6 is 0 Å². The van der Waals surface area contributed by atoms with Crippen molar-refractivity contribution in [2.75, 3.05) is 7.11 Å². The molecular weight excluding hydrogens is 269 g/mol. The Morgan fingerprint density at radius 2 is 1.67 bits per heavy atom. The standard InChI is InChI=1S/C17H18FNO2/c1-12(13-8-10-15(18)11-9-13)19-16(17(20)21-2)14-6-4-3-5-7-14/h3-12,16,19H,1-2H3. The molecule has 0 saturated carbocycles. The number of carbonyl (C=O) groups is 1. The van der Waals surface area contributed by atoms with E-state index in [-0.39, 0.29) is 17.8 Å². The molecule has 0 aromatic heterocycles. The topological polar surface area (TPSA) is 38.3 Å². The van der Waals surface area contributed by atoms with Gasteiger partial charge in [0.25, 0.3) is 0 Å². The molecule has 0 fully saturated rings. The molecule has 0 spiro atoms. The van der Waals surface area contributed by atoms with Crippen molar-refractivity contribution in [1.82, 2.24) is 5.32 Å². The third kappa shape index (κ3) is 3.89. The summed E-state index contributed by atoms with van der Waals surface area (Å²) in [6.07, 6.45) is 0. The van der Waals surface area contributed by atoms with Crippen LogP contribution in [0.15, 0.2) is 54.6 Å². The fourth-order valence-corrected chi connectivity index (χ4v) is 2.16. The van der Waals surface area contributed by atoms with Crippen molar-refractivity contribution in [3.63, 3.8) is 0 Å². The highest BCUT2D eigenvalue weighted by atomic mass is 19.1. The Balaban J connectivity index is 2.19. The highest BCUT2D eigenvalue weighted by Crippen LogP contribution is 2.21. The number of benzene rings is 2. The number of halogens is 1. The summed E-state index contributed by atoms with van der Waals surface area (Å²) in [6.45, 7) is 1.92. The first-order valence-corrected chi connectivity index (χ1v) is 6.76. The summed E-state index contributed by atoms with van der Waals surface area (Å²) < 4.78 is 17.8. The van der Waals surface area contributed by atoms with Crippen LogP contribution in [0, 0.1) is 5.82 Å². The van der Waals surface area contributed by atoms with E-state index in [0.29, 0.717) is 0 Å². The number of methoxy groups -OCH3 is 1. The van der Waals surface area contributed by atoms with Crippen molar-refractivity contribution in [3.05, 3.63) is 71.5 Å². The molecule has 0 heterocycles. The van der Waals surface area contributed by atoms with Gasteiger partial charge < -0.3 is 4.74 Å². The summed E-state index contributed by atoms with van der Waals surface area (Å²) >= 11 is 0. The Hall–Kier alpha value is -2.20. The predicted octanol–water partition coefficient (Wildman–Crippen LogP) is 3.39. The van der Waals surface area contributed by atoms with Crippen molar-refractivity contribution in [2.24, 2.45) is 0 Å². The lowest BCUT2D eigenvalue weighted by Crippen LogP contribution is -2.31. The van der Waals surface area contributed by atoms with Gasteiger partial charge in [0.2, 0.25) is 0 Å². The monoisotopic (exact) mass is 287 g/mol. The van der Waals surface area contributed by atoms with Crippen molar-refractivity contribution >= 4 is 5.97 Å². The second kappa shape index (κ2) is 6.99. The molecule has 110 valence electrons. The smallest absolute Gasteiger partial charge is 0.327 e. The number of hydrogen-bond acceptors (Lipinski definition) is 3. The summed E-state index contributed by atoms with van der Waals surface area (Å²) in [5.41, 5.74) is 1.74. The molecule has 2 aromatic carbocycles. The molecule has 0 aliphatic rings. The second-order valence-electron chi connectivity index (χ2n) is 4.81. The molecule has 0 aliphatic heterocycles. The molecule has 2 atom stereocenters. The molecule has 2 rings (SSSR count). The van der Waals surface area contributed by atoms with E-state index < -0.39 is 6.04 Å². The maximum atomic E-state index is 13.0. The maximum absolute atomic E-state index is 13.0. The summed E-state index contributed by atoms with van der Waals surface area (Å²) in [6, 6.07) is 14.9. The SMILES string of the molecule is COC(=O)C(NC(C)c1ccc(F)cc1)c1ccccc1. The van der Waals surface area contributed by atoms with E-state index in [4.69, 9.17) is 4.74 Å². The van der Waals surface area contributed by atoms with Gasteiger partial charge in [-0.3, -0.25) is 5.32 Å². The Morgan fingerprint density at radius 1 is 1.05 bits per heavy atom. The first-order chi connectivity index (χ1) is 10.1. The van der Waals surface area contributed by atoms with E-state index in [0.717, 1.165) is 11.1 Å². The Labute approximate surface area is 123 Å². The van der Waals surface area contributed by atoms with Gasteiger partial charge in [0.15, 0.2) is 0 Å². The van der Waals surface area contributed by atoms with E-state index in [1.807, 2.05) is 37.3 Å². The molecule has 0 amide bonds. The summed E-state index contributed by atoms with van der Waals surface area (Å²) in [5, 5.41) is 3.22. The molecule has 4 heteroatoms. The molecule has 21 heavy (non-hydrogen) atoms. The van der Waals surface area contributed by atoms with Crippen LogP contribution in [0.4, 0.5) is 4.39 Å². The normalized spacial score (nSPS) is 13.5. The van der Waals surface area contributed by atoms with Gasteiger partial charge in [-0.15, -0.1) is 0 Å². The molecular formula is C17H18FNO2. The fraction of sp³-hybridized carbons (Fsp3) is 0.235. The van der Waals surface area contributed by atoms with Crippen LogP contribution in [-0.2, 0) is 9.53 Å². The lowest BCUT2D eigenvalue weighted by Gasteiger charge is -2.22. The van der Waals surface area contributed by atoms with Gasteiger partial charge in [-0.2, -0.15) is 0 Å². The van der Waals surface area contributed by atoms with E-state index >= 15 is 0 Å². The average molecular weight is 287 g/mol. The number of hydrogen-bond donors (Lipinski definition) is 1. The minimum absolute atomic E-state index is 0.116. The van der Waals surface area contributed by atoms with E-state index in [1.165, 1.54) is 19.2 Å². The van der Waals surface area contributed by atoms with Crippen molar-refractivity contribution in [1.29, 1.82) is 0 Å².